The van der Waals surface area contributed by atoms with Gasteiger partial charge >= 0.3 is 0 Å². The SMILES string of the molecule is C1CC1.CC.CC(N)=O.O=C(Nc1cncc(C2CCCC2)c1)c1ccncc1. The normalized spacial score (nSPS) is 14.0. The van der Waals surface area contributed by atoms with E-state index in [9.17, 15) is 9.59 Å². The molecule has 0 radical (unpaired) electrons. The number of primary amides is 1. The number of carbonyl (C=O) groups excluding carboxylic acids is 2. The predicted molar refractivity (Wildman–Crippen MR) is 118 cm³/mol. The van der Waals surface area contributed by atoms with Gasteiger partial charge < -0.3 is 11.1 Å². The zero-order valence-electron chi connectivity index (χ0n) is 17.9. The molecule has 2 aliphatic carbocycles. The van der Waals surface area contributed by atoms with Crippen LogP contribution < -0.4 is 11.1 Å². The molecule has 0 aromatic carbocycles. The lowest BCUT2D eigenvalue weighted by atomic mass is 9.99. The number of carbonyl (C=O) groups is 2. The number of hydrogen-bond donors (Lipinski definition) is 2. The van der Waals surface area contributed by atoms with Gasteiger partial charge in [0.15, 0.2) is 0 Å². The highest BCUT2D eigenvalue weighted by Crippen LogP contribution is 2.34. The number of nitrogens with one attached hydrogen (secondary N) is 1. The van der Waals surface area contributed by atoms with Gasteiger partial charge in [-0.1, -0.05) is 46.0 Å². The fourth-order valence-corrected chi connectivity index (χ4v) is 2.72. The molecule has 2 heterocycles. The van der Waals surface area contributed by atoms with Gasteiger partial charge in [0.2, 0.25) is 5.91 Å². The van der Waals surface area contributed by atoms with Crippen LogP contribution in [-0.4, -0.2) is 21.8 Å². The van der Waals surface area contributed by atoms with Crippen molar-refractivity contribution in [1.82, 2.24) is 9.97 Å². The van der Waals surface area contributed by atoms with Crippen molar-refractivity contribution in [2.45, 2.75) is 71.6 Å². The molecule has 29 heavy (non-hydrogen) atoms. The molecule has 2 amide bonds. The first kappa shape index (κ1) is 24.3. The first-order chi connectivity index (χ1) is 14.1. The number of amides is 2. The first-order valence-corrected chi connectivity index (χ1v) is 10.5. The summed E-state index contributed by atoms with van der Waals surface area (Å²) < 4.78 is 0. The molecule has 158 valence electrons. The molecule has 2 aromatic heterocycles. The first-order valence-electron chi connectivity index (χ1n) is 10.5. The molecule has 0 bridgehead atoms. The van der Waals surface area contributed by atoms with Crippen molar-refractivity contribution in [3.63, 3.8) is 0 Å². The van der Waals surface area contributed by atoms with Crippen molar-refractivity contribution < 1.29 is 9.59 Å². The van der Waals surface area contributed by atoms with Gasteiger partial charge in [-0.2, -0.15) is 0 Å². The summed E-state index contributed by atoms with van der Waals surface area (Å²) in [5, 5.41) is 2.89. The third kappa shape index (κ3) is 11.0. The Hall–Kier alpha value is -2.76. The minimum Gasteiger partial charge on any atom is -0.370 e. The Kier molecular flexibility index (Phi) is 11.9. The largest absolute Gasteiger partial charge is 0.370 e. The fraction of sp³-hybridized carbons (Fsp3) is 0.478. The second kappa shape index (κ2) is 14.3. The van der Waals surface area contributed by atoms with E-state index in [4.69, 9.17) is 0 Å². The molecule has 6 heteroatoms. The maximum atomic E-state index is 12.1. The lowest BCUT2D eigenvalue weighted by Gasteiger charge is -2.11. The Balaban J connectivity index is 0.000000394. The zero-order chi connectivity index (χ0) is 21.5. The van der Waals surface area contributed by atoms with E-state index >= 15 is 0 Å². The average molecular weight is 399 g/mol. The standard InChI is InChI=1S/C16H17N3O.C3H6.C2H5NO.C2H6/c20-16(13-5-7-17-8-6-13)19-15-9-14(10-18-11-15)12-3-1-2-4-12;1-2-3-1;1-2(3)4;1-2/h5-12H,1-4H2,(H,19,20);1-3H2;1H3,(H2,3,4);1-2H3. The summed E-state index contributed by atoms with van der Waals surface area (Å²) in [7, 11) is 0. The molecule has 2 aliphatic rings. The van der Waals surface area contributed by atoms with Crippen LogP contribution in [0.5, 0.6) is 0 Å². The molecule has 0 unspecified atom stereocenters. The molecular formula is C23H34N4O2. The molecule has 4 rings (SSSR count). The van der Waals surface area contributed by atoms with Crippen LogP contribution >= 0.6 is 0 Å². The Labute approximate surface area is 174 Å². The molecular weight excluding hydrogens is 364 g/mol. The highest BCUT2D eigenvalue weighted by atomic mass is 16.1. The van der Waals surface area contributed by atoms with Crippen molar-refractivity contribution in [3.05, 3.63) is 54.1 Å². The second-order valence-corrected chi connectivity index (χ2v) is 6.85. The van der Waals surface area contributed by atoms with Crippen LogP contribution in [0.1, 0.15) is 87.6 Å². The maximum absolute atomic E-state index is 12.1. The van der Waals surface area contributed by atoms with Crippen LogP contribution in [0.15, 0.2) is 43.0 Å². The summed E-state index contributed by atoms with van der Waals surface area (Å²) in [6.07, 6.45) is 16.4. The monoisotopic (exact) mass is 398 g/mol. The van der Waals surface area contributed by atoms with E-state index in [0.717, 1.165) is 5.69 Å². The number of rotatable bonds is 3. The molecule has 2 saturated carbocycles. The van der Waals surface area contributed by atoms with Crippen molar-refractivity contribution >= 4 is 17.5 Å². The summed E-state index contributed by atoms with van der Waals surface area (Å²) >= 11 is 0. The Morgan fingerprint density at radius 1 is 0.966 bits per heavy atom. The van der Waals surface area contributed by atoms with Gasteiger partial charge in [-0.15, -0.1) is 0 Å². The Morgan fingerprint density at radius 2 is 1.52 bits per heavy atom. The van der Waals surface area contributed by atoms with Gasteiger partial charge in [-0.3, -0.25) is 19.6 Å². The quantitative estimate of drug-likeness (QED) is 0.753. The van der Waals surface area contributed by atoms with Crippen LogP contribution in [0, 0.1) is 0 Å². The van der Waals surface area contributed by atoms with Crippen molar-refractivity contribution in [3.8, 4) is 0 Å². The molecule has 0 spiro atoms. The van der Waals surface area contributed by atoms with Crippen molar-refractivity contribution in [1.29, 1.82) is 0 Å². The van der Waals surface area contributed by atoms with E-state index in [-0.39, 0.29) is 11.8 Å². The number of aromatic nitrogens is 2. The van der Waals surface area contributed by atoms with Crippen LogP contribution in [0.4, 0.5) is 5.69 Å². The van der Waals surface area contributed by atoms with E-state index in [2.05, 4.69) is 21.0 Å². The Morgan fingerprint density at radius 3 is 2.03 bits per heavy atom. The Bertz CT molecular complexity index is 720. The van der Waals surface area contributed by atoms with Crippen molar-refractivity contribution in [2.75, 3.05) is 5.32 Å². The molecule has 2 fully saturated rings. The lowest BCUT2D eigenvalue weighted by Crippen LogP contribution is -2.12. The van der Waals surface area contributed by atoms with Gasteiger partial charge in [0.1, 0.15) is 0 Å². The predicted octanol–water partition coefficient (Wildman–Crippen LogP) is 5.07. The molecule has 6 nitrogen and oxygen atoms in total. The highest BCUT2D eigenvalue weighted by molar-refractivity contribution is 6.04. The zero-order valence-corrected chi connectivity index (χ0v) is 17.9. The summed E-state index contributed by atoms with van der Waals surface area (Å²) in [6, 6.07) is 5.44. The van der Waals surface area contributed by atoms with Gasteiger partial charge in [0, 0.05) is 31.1 Å². The van der Waals surface area contributed by atoms with Gasteiger partial charge in [0.25, 0.3) is 5.91 Å². The summed E-state index contributed by atoms with van der Waals surface area (Å²) in [5.74, 6) is 0.137. The highest BCUT2D eigenvalue weighted by Gasteiger charge is 2.17. The van der Waals surface area contributed by atoms with Crippen LogP contribution in [-0.2, 0) is 4.79 Å². The number of nitrogens with zero attached hydrogens (tertiary/aromatic N) is 2. The fourth-order valence-electron chi connectivity index (χ4n) is 2.72. The summed E-state index contributed by atoms with van der Waals surface area (Å²) in [6.45, 7) is 5.31. The second-order valence-electron chi connectivity index (χ2n) is 6.85. The lowest BCUT2D eigenvalue weighted by molar-refractivity contribution is -0.115. The van der Waals surface area contributed by atoms with Gasteiger partial charge in [0.05, 0.1) is 11.9 Å². The third-order valence-electron chi connectivity index (χ3n) is 4.14. The number of pyridine rings is 2. The van der Waals surface area contributed by atoms with Crippen molar-refractivity contribution in [2.24, 2.45) is 5.73 Å². The van der Waals surface area contributed by atoms with Crippen LogP contribution in [0.3, 0.4) is 0 Å². The van der Waals surface area contributed by atoms with E-state index in [1.165, 1.54) is 57.4 Å². The topological polar surface area (TPSA) is 98.0 Å². The molecule has 3 N–H and O–H groups in total. The number of anilines is 1. The van der Waals surface area contributed by atoms with Gasteiger partial charge in [-0.05, 0) is 42.5 Å². The number of nitrogens with two attached hydrogens (primary N) is 1. The average Bonchev–Trinajstić information content (AvgIpc) is 3.52. The van der Waals surface area contributed by atoms with Crippen LogP contribution in [0.2, 0.25) is 0 Å². The minimum absolute atomic E-state index is 0.127. The summed E-state index contributed by atoms with van der Waals surface area (Å²) in [4.78, 5) is 29.5. The molecule has 2 aromatic rings. The van der Waals surface area contributed by atoms with Crippen LogP contribution in [0.25, 0.3) is 0 Å². The maximum Gasteiger partial charge on any atom is 0.255 e. The number of hydrogen-bond acceptors (Lipinski definition) is 4. The van der Waals surface area contributed by atoms with E-state index in [1.807, 2.05) is 26.1 Å². The minimum atomic E-state index is -0.333. The summed E-state index contributed by atoms with van der Waals surface area (Å²) in [5.41, 5.74) is 7.07. The van der Waals surface area contributed by atoms with E-state index < -0.39 is 0 Å². The smallest absolute Gasteiger partial charge is 0.255 e. The molecule has 0 atom stereocenters. The molecule has 0 aliphatic heterocycles. The van der Waals surface area contributed by atoms with E-state index in [0.29, 0.717) is 11.5 Å². The molecule has 0 saturated heterocycles. The van der Waals surface area contributed by atoms with E-state index in [1.54, 1.807) is 30.7 Å². The van der Waals surface area contributed by atoms with Gasteiger partial charge in [-0.25, -0.2) is 0 Å². The third-order valence-corrected chi connectivity index (χ3v) is 4.14.